The number of carbonyl (C=O) groups is 2. The predicted molar refractivity (Wildman–Crippen MR) is 26.6 cm³/mol. The highest BCUT2D eigenvalue weighted by Gasteiger charge is 1.65. The summed E-state index contributed by atoms with van der Waals surface area (Å²) >= 11 is 0. The second-order valence-corrected chi connectivity index (χ2v) is 1.04. The Morgan fingerprint density at radius 3 is 1.62 bits per heavy atom. The van der Waals surface area contributed by atoms with E-state index in [1.165, 1.54) is 0 Å². The second-order valence-electron chi connectivity index (χ2n) is 1.04. The van der Waals surface area contributed by atoms with Gasteiger partial charge >= 0.3 is 0 Å². The van der Waals surface area contributed by atoms with Gasteiger partial charge in [-0.05, 0) is 0 Å². The lowest BCUT2D eigenvalue weighted by Crippen LogP contribution is -1.78. The summed E-state index contributed by atoms with van der Waals surface area (Å²) in [5, 5.41) is 14.8. The molecule has 0 aromatic heterocycles. The molecule has 0 rings (SSSR count). The quantitative estimate of drug-likeness (QED) is 0.480. The topological polar surface area (TPSA) is 74.6 Å². The van der Waals surface area contributed by atoms with Gasteiger partial charge < -0.3 is 10.2 Å². The van der Waals surface area contributed by atoms with Crippen molar-refractivity contribution in [3.63, 3.8) is 0 Å². The third kappa shape index (κ3) is 68.3. The third-order valence-corrected chi connectivity index (χ3v) is 0. The minimum absolute atomic E-state index is 0.833. The lowest BCUT2D eigenvalue weighted by molar-refractivity contribution is -0.135. The van der Waals surface area contributed by atoms with Gasteiger partial charge in [-0.15, -0.1) is 0 Å². The van der Waals surface area contributed by atoms with Crippen molar-refractivity contribution in [2.45, 2.75) is 13.8 Å². The maximum absolute atomic E-state index is 9.00. The van der Waals surface area contributed by atoms with E-state index in [2.05, 4.69) is 0 Å². The van der Waals surface area contributed by atoms with Crippen molar-refractivity contribution in [2.75, 3.05) is 0 Å². The monoisotopic (exact) mass is 122 g/mol. The fraction of sp³-hybridized carbons (Fsp3) is 0.500. The maximum Gasteiger partial charge on any atom is 0.300 e. The van der Waals surface area contributed by atoms with Gasteiger partial charge in [-0.25, -0.2) is 0 Å². The van der Waals surface area contributed by atoms with Gasteiger partial charge in [0.2, 0.25) is 0 Å². The van der Waals surface area contributed by atoms with Crippen molar-refractivity contribution >= 4 is 11.9 Å². The molecule has 4 nitrogen and oxygen atoms in total. The van der Waals surface area contributed by atoms with Crippen molar-refractivity contribution in [3.8, 4) is 0 Å². The molecule has 0 fully saturated rings. The van der Waals surface area contributed by atoms with Crippen LogP contribution in [0.1, 0.15) is 13.8 Å². The van der Waals surface area contributed by atoms with Crippen molar-refractivity contribution in [2.24, 2.45) is 0 Å². The van der Waals surface area contributed by atoms with Gasteiger partial charge in [0.25, 0.3) is 11.9 Å². The van der Waals surface area contributed by atoms with Crippen LogP contribution in [0.25, 0.3) is 0 Å². The number of aliphatic carboxylic acids is 2. The largest absolute Gasteiger partial charge is 0.481 e. The van der Waals surface area contributed by atoms with E-state index in [-0.39, 0.29) is 0 Å². The van der Waals surface area contributed by atoms with Crippen LogP contribution in [0.15, 0.2) is 0 Å². The second kappa shape index (κ2) is 5.94. The average Bonchev–Trinajstić information content (AvgIpc) is 1.25. The van der Waals surface area contributed by atoms with Gasteiger partial charge in [0.1, 0.15) is 0 Å². The first-order valence-corrected chi connectivity index (χ1v) is 1.86. The number of carboxylic acids is 2. The Kier molecular flexibility index (Phi) is 7.45. The van der Waals surface area contributed by atoms with Gasteiger partial charge in [-0.1, -0.05) is 0 Å². The molecule has 0 heterocycles. The van der Waals surface area contributed by atoms with Crippen LogP contribution in [0.2, 0.25) is 0 Å². The number of carboxylic acid groups (broad SMARTS) is 2. The minimum Gasteiger partial charge on any atom is -0.481 e. The Labute approximate surface area is 46.8 Å². The lowest BCUT2D eigenvalue weighted by atomic mass is 10.9. The molecule has 0 aliphatic heterocycles. The normalized spacial score (nSPS) is 6.25. The van der Waals surface area contributed by atoms with E-state index in [1.807, 2.05) is 0 Å². The predicted octanol–water partition coefficient (Wildman–Crippen LogP) is 0.182. The average molecular weight is 122 g/mol. The van der Waals surface area contributed by atoms with Crippen LogP contribution in [-0.4, -0.2) is 22.2 Å². The fourth-order valence-corrected chi connectivity index (χ4v) is 0. The zero-order chi connectivity index (χ0) is 7.15. The molecule has 0 saturated heterocycles. The highest BCUT2D eigenvalue weighted by atomic mass is 16.6. The van der Waals surface area contributed by atoms with E-state index in [9.17, 15) is 0 Å². The smallest absolute Gasteiger partial charge is 0.300 e. The van der Waals surface area contributed by atoms with Gasteiger partial charge in [0, 0.05) is 13.8 Å². The molecule has 0 aliphatic carbocycles. The zero-order valence-corrected chi connectivity index (χ0v) is 4.71. The highest BCUT2D eigenvalue weighted by molar-refractivity contribution is 5.63. The molecule has 0 saturated carbocycles. The molecule has 0 radical (unpaired) electrons. The van der Waals surface area contributed by atoms with Crippen LogP contribution < -0.4 is 0 Å². The van der Waals surface area contributed by atoms with Crippen molar-refractivity contribution < 1.29 is 19.8 Å². The van der Waals surface area contributed by atoms with E-state index < -0.39 is 11.9 Å². The fourth-order valence-electron chi connectivity index (χ4n) is 0. The first kappa shape index (κ1) is 10.0. The first-order chi connectivity index (χ1) is 3.46. The summed E-state index contributed by atoms with van der Waals surface area (Å²) in [6, 6.07) is 0. The van der Waals surface area contributed by atoms with Crippen LogP contribution in [0.5, 0.6) is 0 Å². The lowest BCUT2D eigenvalue weighted by Gasteiger charge is -1.59. The highest BCUT2D eigenvalue weighted by Crippen LogP contribution is 1.42. The van der Waals surface area contributed by atoms with E-state index in [1.54, 1.807) is 0 Å². The van der Waals surface area contributed by atoms with E-state index in [0.29, 0.717) is 0 Å². The molecular formula is C4H8O4. The Morgan fingerprint density at radius 2 is 1.62 bits per heavy atom. The van der Waals surface area contributed by atoms with Gasteiger partial charge in [0.05, 0.1) is 0 Å². The summed E-state index contributed by atoms with van der Waals surface area (Å²) < 4.78 is 0. The van der Waals surface area contributed by atoms with Gasteiger partial charge in [0.15, 0.2) is 0 Å². The van der Waals surface area contributed by atoms with E-state index in [4.69, 9.17) is 19.8 Å². The Bertz CT molecular complexity index is 66.0. The third-order valence-electron chi connectivity index (χ3n) is 0. The zero-order valence-electron chi connectivity index (χ0n) is 4.71. The molecule has 8 heavy (non-hydrogen) atoms. The van der Waals surface area contributed by atoms with Gasteiger partial charge in [-0.3, -0.25) is 9.59 Å². The van der Waals surface area contributed by atoms with E-state index >= 15 is 0 Å². The van der Waals surface area contributed by atoms with E-state index in [0.717, 1.165) is 13.8 Å². The van der Waals surface area contributed by atoms with Crippen LogP contribution in [0.4, 0.5) is 0 Å². The number of hydrogen-bond donors (Lipinski definition) is 2. The molecule has 0 atom stereocenters. The van der Waals surface area contributed by atoms with Crippen LogP contribution in [-0.2, 0) is 9.59 Å². The molecule has 0 amide bonds. The van der Waals surface area contributed by atoms with Crippen LogP contribution in [0.3, 0.4) is 0 Å². The van der Waals surface area contributed by atoms with Crippen molar-refractivity contribution in [1.29, 1.82) is 0 Å². The van der Waals surface area contributed by atoms with Crippen LogP contribution >= 0.6 is 0 Å². The van der Waals surface area contributed by atoms with Crippen molar-refractivity contribution in [1.82, 2.24) is 0 Å². The molecular weight excluding hydrogens is 114 g/mol. The molecule has 0 unspecified atom stereocenters. The summed E-state index contributed by atoms with van der Waals surface area (Å²) in [6.07, 6.45) is 0. The number of hydrogen-bond acceptors (Lipinski definition) is 2. The summed E-state index contributed by atoms with van der Waals surface area (Å²) in [6.45, 7) is 2.17. The molecule has 48 valence electrons. The summed E-state index contributed by atoms with van der Waals surface area (Å²) in [5.74, 6) is -1.67. The molecule has 0 bridgehead atoms. The Morgan fingerprint density at radius 1 is 1.62 bits per heavy atom. The molecule has 0 spiro atoms. The molecule has 4 heteroatoms. The van der Waals surface area contributed by atoms with Gasteiger partial charge in [-0.2, -0.15) is 0 Å². The maximum atomic E-state index is 9.00. The first-order valence-electron chi connectivity index (χ1n) is 1.86. The molecule has 0 aliphatic rings. The summed E-state index contributed by atoms with van der Waals surface area (Å²) in [4.78, 5) is 18.0. The standard InChI is InChI=1S/2C2H4O2/c2*1-2(3)4/h2*1H3,(H,3,4)/i2+2;. The minimum atomic E-state index is -0.833. The SMILES string of the molecule is CC(=O)O.C[14C](=O)O. The van der Waals surface area contributed by atoms with Crippen molar-refractivity contribution in [3.05, 3.63) is 0 Å². The Hall–Kier alpha value is -1.06. The molecule has 0 aromatic carbocycles. The summed E-state index contributed by atoms with van der Waals surface area (Å²) in [7, 11) is 0. The number of rotatable bonds is 0. The summed E-state index contributed by atoms with van der Waals surface area (Å²) in [5.41, 5.74) is 0. The van der Waals surface area contributed by atoms with Crippen LogP contribution in [0, 0.1) is 0 Å². The Balaban J connectivity index is 0. The molecule has 0 aromatic rings. The molecule has 2 N–H and O–H groups in total.